The Hall–Kier alpha value is -2.30. The molecule has 2 rings (SSSR count). The van der Waals surface area contributed by atoms with E-state index in [-0.39, 0.29) is 12.2 Å². The van der Waals surface area contributed by atoms with Gasteiger partial charge in [-0.05, 0) is 30.7 Å². The van der Waals surface area contributed by atoms with E-state index in [0.29, 0.717) is 22.7 Å². The number of halogens is 1. The molecule has 0 saturated heterocycles. The summed E-state index contributed by atoms with van der Waals surface area (Å²) >= 11 is 0. The number of aryl methyl sites for hydroxylation is 1. The zero-order chi connectivity index (χ0) is 13.8. The van der Waals surface area contributed by atoms with Gasteiger partial charge in [0.1, 0.15) is 12.1 Å². The van der Waals surface area contributed by atoms with Crippen molar-refractivity contribution < 1.29 is 13.9 Å². The third-order valence-electron chi connectivity index (χ3n) is 2.61. The fraction of sp³-hybridized carbons (Fsp3) is 0.214. The van der Waals surface area contributed by atoms with Crippen molar-refractivity contribution in [3.63, 3.8) is 0 Å². The average Bonchev–Trinajstić information content (AvgIpc) is 2.37. The molecular weight excluding hydrogens is 247 g/mol. The second kappa shape index (κ2) is 5.56. The van der Waals surface area contributed by atoms with Gasteiger partial charge in [-0.25, -0.2) is 14.4 Å². The Morgan fingerprint density at radius 2 is 2.05 bits per heavy atom. The SMILES string of the molecule is COc1cc(CC(=O)c2cc(C)cc(F)c2)ncn1. The monoisotopic (exact) mass is 260 g/mol. The topological polar surface area (TPSA) is 52.1 Å². The first kappa shape index (κ1) is 13.1. The number of hydrogen-bond acceptors (Lipinski definition) is 4. The summed E-state index contributed by atoms with van der Waals surface area (Å²) in [6.07, 6.45) is 1.42. The molecule has 0 amide bonds. The first-order valence-electron chi connectivity index (χ1n) is 5.74. The highest BCUT2D eigenvalue weighted by molar-refractivity contribution is 5.97. The molecule has 1 heterocycles. The molecule has 19 heavy (non-hydrogen) atoms. The molecule has 4 nitrogen and oxygen atoms in total. The highest BCUT2D eigenvalue weighted by Gasteiger charge is 2.10. The number of Topliss-reactive ketones (excluding diaryl/α,β-unsaturated/α-hetero) is 1. The Bertz CT molecular complexity index is 594. The maximum absolute atomic E-state index is 13.2. The van der Waals surface area contributed by atoms with Crippen LogP contribution < -0.4 is 4.74 Å². The lowest BCUT2D eigenvalue weighted by Crippen LogP contribution is -2.06. The first-order chi connectivity index (χ1) is 9.08. The van der Waals surface area contributed by atoms with E-state index >= 15 is 0 Å². The van der Waals surface area contributed by atoms with Gasteiger partial charge in [-0.3, -0.25) is 4.79 Å². The average molecular weight is 260 g/mol. The Morgan fingerprint density at radius 3 is 2.74 bits per heavy atom. The molecule has 5 heteroatoms. The van der Waals surface area contributed by atoms with Crippen LogP contribution in [0.1, 0.15) is 21.6 Å². The highest BCUT2D eigenvalue weighted by atomic mass is 19.1. The zero-order valence-corrected chi connectivity index (χ0v) is 10.7. The van der Waals surface area contributed by atoms with Crippen LogP contribution in [0.2, 0.25) is 0 Å². The van der Waals surface area contributed by atoms with E-state index in [9.17, 15) is 9.18 Å². The van der Waals surface area contributed by atoms with Crippen LogP contribution in [0.5, 0.6) is 5.88 Å². The summed E-state index contributed by atoms with van der Waals surface area (Å²) in [5.74, 6) is -0.208. The van der Waals surface area contributed by atoms with Crippen molar-refractivity contribution in [3.8, 4) is 5.88 Å². The van der Waals surface area contributed by atoms with Gasteiger partial charge in [0, 0.05) is 11.6 Å². The molecule has 0 aliphatic heterocycles. The predicted molar refractivity (Wildman–Crippen MR) is 67.8 cm³/mol. The molecular formula is C14H13FN2O2. The number of ether oxygens (including phenoxy) is 1. The Balaban J connectivity index is 2.20. The van der Waals surface area contributed by atoms with Gasteiger partial charge in [0.25, 0.3) is 0 Å². The molecule has 2 aromatic rings. The molecule has 0 atom stereocenters. The molecule has 0 radical (unpaired) electrons. The van der Waals surface area contributed by atoms with Crippen molar-refractivity contribution in [1.82, 2.24) is 9.97 Å². The molecule has 1 aromatic heterocycles. The number of carbonyl (C=O) groups is 1. The molecule has 0 unspecified atom stereocenters. The van der Waals surface area contributed by atoms with E-state index in [1.807, 2.05) is 0 Å². The molecule has 0 fully saturated rings. The molecule has 0 bridgehead atoms. The van der Waals surface area contributed by atoms with Crippen LogP contribution in [-0.4, -0.2) is 22.9 Å². The van der Waals surface area contributed by atoms with Gasteiger partial charge >= 0.3 is 0 Å². The van der Waals surface area contributed by atoms with E-state index in [2.05, 4.69) is 9.97 Å². The summed E-state index contributed by atoms with van der Waals surface area (Å²) in [4.78, 5) is 19.9. The second-order valence-electron chi connectivity index (χ2n) is 4.17. The van der Waals surface area contributed by atoms with E-state index < -0.39 is 5.82 Å². The van der Waals surface area contributed by atoms with Gasteiger partial charge in [-0.2, -0.15) is 0 Å². The quantitative estimate of drug-likeness (QED) is 0.792. The normalized spacial score (nSPS) is 10.3. The number of hydrogen-bond donors (Lipinski definition) is 0. The van der Waals surface area contributed by atoms with Crippen LogP contribution in [0.25, 0.3) is 0 Å². The minimum absolute atomic E-state index is 0.0851. The lowest BCUT2D eigenvalue weighted by molar-refractivity contribution is 0.0991. The highest BCUT2D eigenvalue weighted by Crippen LogP contribution is 2.13. The third kappa shape index (κ3) is 3.34. The fourth-order valence-corrected chi connectivity index (χ4v) is 1.75. The molecule has 0 saturated carbocycles. The van der Waals surface area contributed by atoms with Crippen LogP contribution in [0.3, 0.4) is 0 Å². The summed E-state index contributed by atoms with van der Waals surface area (Å²) in [6.45, 7) is 1.74. The number of ketones is 1. The minimum Gasteiger partial charge on any atom is -0.481 e. The standard InChI is InChI=1S/C14H13FN2O2/c1-9-3-10(5-11(15)4-9)13(18)6-12-7-14(19-2)17-8-16-12/h3-5,7-8H,6H2,1-2H3. The van der Waals surface area contributed by atoms with Gasteiger partial charge in [0.2, 0.25) is 5.88 Å². The molecule has 0 aliphatic rings. The molecule has 0 spiro atoms. The van der Waals surface area contributed by atoms with Gasteiger partial charge in [-0.1, -0.05) is 0 Å². The summed E-state index contributed by atoms with van der Waals surface area (Å²) < 4.78 is 18.2. The van der Waals surface area contributed by atoms with Crippen LogP contribution in [0.4, 0.5) is 4.39 Å². The number of rotatable bonds is 4. The van der Waals surface area contributed by atoms with Crippen LogP contribution in [0.15, 0.2) is 30.6 Å². The molecule has 98 valence electrons. The van der Waals surface area contributed by atoms with Crippen LogP contribution >= 0.6 is 0 Å². The van der Waals surface area contributed by atoms with Crippen molar-refractivity contribution in [3.05, 3.63) is 53.2 Å². The first-order valence-corrected chi connectivity index (χ1v) is 5.74. The number of carbonyl (C=O) groups excluding carboxylic acids is 1. The van der Waals surface area contributed by atoms with Crippen molar-refractivity contribution in [2.24, 2.45) is 0 Å². The van der Waals surface area contributed by atoms with Gasteiger partial charge < -0.3 is 4.74 Å². The summed E-state index contributed by atoms with van der Waals surface area (Å²) in [6, 6.07) is 5.85. The van der Waals surface area contributed by atoms with Crippen LogP contribution in [-0.2, 0) is 6.42 Å². The number of aromatic nitrogens is 2. The summed E-state index contributed by atoms with van der Waals surface area (Å²) in [5.41, 5.74) is 1.59. The smallest absolute Gasteiger partial charge is 0.216 e. The van der Waals surface area contributed by atoms with E-state index in [1.54, 1.807) is 19.1 Å². The summed E-state index contributed by atoms with van der Waals surface area (Å²) in [7, 11) is 1.49. The molecule has 0 N–H and O–H groups in total. The summed E-state index contributed by atoms with van der Waals surface area (Å²) in [5, 5.41) is 0. The van der Waals surface area contributed by atoms with E-state index in [4.69, 9.17) is 4.74 Å². The Kier molecular flexibility index (Phi) is 3.85. The van der Waals surface area contributed by atoms with Gasteiger partial charge in [0.05, 0.1) is 19.2 Å². The largest absolute Gasteiger partial charge is 0.481 e. The number of benzene rings is 1. The molecule has 0 aliphatic carbocycles. The number of methoxy groups -OCH3 is 1. The van der Waals surface area contributed by atoms with Gasteiger partial charge in [-0.15, -0.1) is 0 Å². The van der Waals surface area contributed by atoms with E-state index in [1.165, 1.54) is 25.6 Å². The third-order valence-corrected chi connectivity index (χ3v) is 2.61. The lowest BCUT2D eigenvalue weighted by atomic mass is 10.0. The van der Waals surface area contributed by atoms with Gasteiger partial charge in [0.15, 0.2) is 5.78 Å². The van der Waals surface area contributed by atoms with Crippen molar-refractivity contribution in [2.75, 3.05) is 7.11 Å². The van der Waals surface area contributed by atoms with Crippen molar-refractivity contribution in [1.29, 1.82) is 0 Å². The minimum atomic E-state index is -0.413. The van der Waals surface area contributed by atoms with Crippen molar-refractivity contribution >= 4 is 5.78 Å². The Labute approximate surface area is 110 Å². The zero-order valence-electron chi connectivity index (χ0n) is 10.7. The fourth-order valence-electron chi connectivity index (χ4n) is 1.75. The molecule has 1 aromatic carbocycles. The lowest BCUT2D eigenvalue weighted by Gasteiger charge is -2.04. The predicted octanol–water partition coefficient (Wildman–Crippen LogP) is 2.36. The van der Waals surface area contributed by atoms with E-state index in [0.717, 1.165) is 0 Å². The van der Waals surface area contributed by atoms with Crippen LogP contribution in [0, 0.1) is 12.7 Å². The maximum atomic E-state index is 13.2. The second-order valence-corrected chi connectivity index (χ2v) is 4.17. The Morgan fingerprint density at radius 1 is 1.26 bits per heavy atom. The number of nitrogens with zero attached hydrogens (tertiary/aromatic N) is 2. The maximum Gasteiger partial charge on any atom is 0.216 e. The van der Waals surface area contributed by atoms with Crippen molar-refractivity contribution in [2.45, 2.75) is 13.3 Å².